The van der Waals surface area contributed by atoms with Gasteiger partial charge in [-0.1, -0.05) is 66.7 Å². The molecule has 136 valence electrons. The molecule has 4 nitrogen and oxygen atoms in total. The van der Waals surface area contributed by atoms with Crippen LogP contribution in [0.4, 0.5) is 0 Å². The Morgan fingerprint density at radius 2 is 1.48 bits per heavy atom. The summed E-state index contributed by atoms with van der Waals surface area (Å²) in [4.78, 5) is 12.6. The van der Waals surface area contributed by atoms with Gasteiger partial charge in [0.1, 0.15) is 0 Å². The molecule has 4 rings (SSSR count). The van der Waals surface area contributed by atoms with Crippen molar-refractivity contribution in [3.05, 3.63) is 95.6 Å². The summed E-state index contributed by atoms with van der Waals surface area (Å²) in [5.74, 6) is 1.53. The summed E-state index contributed by atoms with van der Waals surface area (Å²) in [6, 6.07) is 26.0. The quantitative estimate of drug-likeness (QED) is 0.716. The Morgan fingerprint density at radius 3 is 2.15 bits per heavy atom. The maximum absolute atomic E-state index is 12.6. The minimum Gasteiger partial charge on any atom is -0.454 e. The van der Waals surface area contributed by atoms with E-state index in [-0.39, 0.29) is 18.6 Å². The van der Waals surface area contributed by atoms with E-state index in [1.165, 1.54) is 0 Å². The molecule has 27 heavy (non-hydrogen) atoms. The third-order valence-corrected chi connectivity index (χ3v) is 4.72. The molecule has 1 aliphatic rings. The van der Waals surface area contributed by atoms with Gasteiger partial charge in [0.25, 0.3) is 0 Å². The summed E-state index contributed by atoms with van der Waals surface area (Å²) in [7, 11) is 0. The van der Waals surface area contributed by atoms with Gasteiger partial charge in [-0.25, -0.2) is 0 Å². The zero-order valence-corrected chi connectivity index (χ0v) is 14.9. The lowest BCUT2D eigenvalue weighted by atomic mass is 9.88. The fourth-order valence-electron chi connectivity index (χ4n) is 3.31. The number of benzene rings is 3. The molecule has 0 fully saturated rings. The Hall–Kier alpha value is -3.27. The Bertz CT molecular complexity index is 870. The molecule has 3 aromatic carbocycles. The number of rotatable bonds is 6. The number of hydrogen-bond donors (Lipinski definition) is 1. The van der Waals surface area contributed by atoms with Crippen molar-refractivity contribution in [1.29, 1.82) is 0 Å². The van der Waals surface area contributed by atoms with Gasteiger partial charge < -0.3 is 14.8 Å². The second kappa shape index (κ2) is 7.96. The van der Waals surface area contributed by atoms with Gasteiger partial charge in [0, 0.05) is 18.9 Å². The molecule has 1 amide bonds. The molecule has 1 aliphatic heterocycles. The molecular formula is C23H21NO3. The van der Waals surface area contributed by atoms with E-state index in [0.29, 0.717) is 13.0 Å². The zero-order chi connectivity index (χ0) is 18.5. The normalized spacial score (nSPS) is 12.2. The maximum Gasteiger partial charge on any atom is 0.231 e. The largest absolute Gasteiger partial charge is 0.454 e. The van der Waals surface area contributed by atoms with Crippen LogP contribution in [0.1, 0.15) is 29.0 Å². The first-order valence-corrected chi connectivity index (χ1v) is 9.05. The predicted molar refractivity (Wildman–Crippen MR) is 104 cm³/mol. The van der Waals surface area contributed by atoms with E-state index < -0.39 is 0 Å². The molecule has 0 spiro atoms. The number of carbonyl (C=O) groups excluding carboxylic acids is 1. The van der Waals surface area contributed by atoms with Crippen molar-refractivity contribution in [2.45, 2.75) is 18.9 Å². The van der Waals surface area contributed by atoms with Crippen molar-refractivity contribution in [2.75, 3.05) is 6.79 Å². The molecule has 3 aromatic rings. The first-order valence-electron chi connectivity index (χ1n) is 9.05. The van der Waals surface area contributed by atoms with Crippen LogP contribution in [-0.2, 0) is 11.3 Å². The Morgan fingerprint density at radius 1 is 0.852 bits per heavy atom. The third kappa shape index (κ3) is 4.11. The van der Waals surface area contributed by atoms with Crippen molar-refractivity contribution in [1.82, 2.24) is 5.32 Å². The average Bonchev–Trinajstić information content (AvgIpc) is 3.20. The van der Waals surface area contributed by atoms with Crippen molar-refractivity contribution in [3.8, 4) is 11.5 Å². The minimum atomic E-state index is 0.0189. The van der Waals surface area contributed by atoms with Crippen LogP contribution in [0, 0.1) is 0 Å². The summed E-state index contributed by atoms with van der Waals surface area (Å²) in [5, 5.41) is 3.02. The summed E-state index contributed by atoms with van der Waals surface area (Å²) < 4.78 is 10.7. The number of ether oxygens (including phenoxy) is 2. The first-order chi connectivity index (χ1) is 13.3. The average molecular weight is 359 g/mol. The van der Waals surface area contributed by atoms with E-state index in [1.807, 2.05) is 54.6 Å². The molecule has 0 saturated heterocycles. The van der Waals surface area contributed by atoms with Crippen LogP contribution in [0.3, 0.4) is 0 Å². The lowest BCUT2D eigenvalue weighted by molar-refractivity contribution is -0.121. The first kappa shape index (κ1) is 17.2. The van der Waals surface area contributed by atoms with Crippen LogP contribution in [-0.4, -0.2) is 12.7 Å². The lowest BCUT2D eigenvalue weighted by Crippen LogP contribution is -2.25. The van der Waals surface area contributed by atoms with Gasteiger partial charge in [-0.2, -0.15) is 0 Å². The SMILES string of the molecule is O=C(CC(c1ccccc1)c1ccccc1)NCc1ccc2c(c1)OCO2. The molecule has 0 atom stereocenters. The molecule has 1 N–H and O–H groups in total. The van der Waals surface area contributed by atoms with Crippen molar-refractivity contribution >= 4 is 5.91 Å². The second-order valence-corrected chi connectivity index (χ2v) is 6.54. The van der Waals surface area contributed by atoms with Crippen LogP contribution in [0.15, 0.2) is 78.9 Å². The van der Waals surface area contributed by atoms with Crippen molar-refractivity contribution < 1.29 is 14.3 Å². The Labute approximate surface area is 158 Å². The highest BCUT2D eigenvalue weighted by atomic mass is 16.7. The molecule has 0 bridgehead atoms. The molecule has 0 aromatic heterocycles. The van der Waals surface area contributed by atoms with Crippen LogP contribution in [0.2, 0.25) is 0 Å². The fourth-order valence-corrected chi connectivity index (χ4v) is 3.31. The van der Waals surface area contributed by atoms with Crippen LogP contribution >= 0.6 is 0 Å². The van der Waals surface area contributed by atoms with Crippen LogP contribution in [0.5, 0.6) is 11.5 Å². The minimum absolute atomic E-state index is 0.0189. The number of hydrogen-bond acceptors (Lipinski definition) is 3. The smallest absolute Gasteiger partial charge is 0.231 e. The molecule has 0 radical (unpaired) electrons. The number of fused-ring (bicyclic) bond motifs is 1. The monoisotopic (exact) mass is 359 g/mol. The van der Waals surface area contributed by atoms with E-state index in [2.05, 4.69) is 29.6 Å². The topological polar surface area (TPSA) is 47.6 Å². The van der Waals surface area contributed by atoms with Crippen molar-refractivity contribution in [3.63, 3.8) is 0 Å². The highest BCUT2D eigenvalue weighted by Gasteiger charge is 2.18. The van der Waals surface area contributed by atoms with Gasteiger partial charge in [0.2, 0.25) is 12.7 Å². The second-order valence-electron chi connectivity index (χ2n) is 6.54. The van der Waals surface area contributed by atoms with Crippen molar-refractivity contribution in [2.24, 2.45) is 0 Å². The van der Waals surface area contributed by atoms with Gasteiger partial charge in [0.05, 0.1) is 0 Å². The fraction of sp³-hybridized carbons (Fsp3) is 0.174. The van der Waals surface area contributed by atoms with E-state index >= 15 is 0 Å². The number of amides is 1. The van der Waals surface area contributed by atoms with E-state index in [1.54, 1.807) is 0 Å². The molecule has 1 heterocycles. The lowest BCUT2D eigenvalue weighted by Gasteiger charge is -2.18. The van der Waals surface area contributed by atoms with Gasteiger partial charge in [0.15, 0.2) is 11.5 Å². The summed E-state index contributed by atoms with van der Waals surface area (Å²) in [5.41, 5.74) is 3.27. The summed E-state index contributed by atoms with van der Waals surface area (Å²) in [6.45, 7) is 0.715. The predicted octanol–water partition coefficient (Wildman–Crippen LogP) is 4.25. The van der Waals surface area contributed by atoms with E-state index in [9.17, 15) is 4.79 Å². The summed E-state index contributed by atoms with van der Waals surface area (Å²) >= 11 is 0. The van der Waals surface area contributed by atoms with Crippen LogP contribution in [0.25, 0.3) is 0 Å². The number of carbonyl (C=O) groups is 1. The Kier molecular flexibility index (Phi) is 5.06. The van der Waals surface area contributed by atoms with Gasteiger partial charge in [-0.3, -0.25) is 4.79 Å². The molecular weight excluding hydrogens is 338 g/mol. The highest BCUT2D eigenvalue weighted by Crippen LogP contribution is 2.32. The van der Waals surface area contributed by atoms with E-state index in [4.69, 9.17) is 9.47 Å². The zero-order valence-electron chi connectivity index (χ0n) is 14.9. The highest BCUT2D eigenvalue weighted by molar-refractivity contribution is 5.77. The van der Waals surface area contributed by atoms with Crippen LogP contribution < -0.4 is 14.8 Å². The van der Waals surface area contributed by atoms with Gasteiger partial charge in [-0.15, -0.1) is 0 Å². The molecule has 4 heteroatoms. The van der Waals surface area contributed by atoms with E-state index in [0.717, 1.165) is 28.2 Å². The van der Waals surface area contributed by atoms with Gasteiger partial charge >= 0.3 is 0 Å². The summed E-state index contributed by atoms with van der Waals surface area (Å²) in [6.07, 6.45) is 0.401. The molecule has 0 saturated carbocycles. The molecule has 0 aliphatic carbocycles. The number of nitrogens with one attached hydrogen (secondary N) is 1. The maximum atomic E-state index is 12.6. The molecule has 0 unspecified atom stereocenters. The van der Waals surface area contributed by atoms with Gasteiger partial charge in [-0.05, 0) is 28.8 Å². The third-order valence-electron chi connectivity index (χ3n) is 4.72. The standard InChI is InChI=1S/C23H21NO3/c25-23(24-15-17-11-12-21-22(13-17)27-16-26-21)14-20(18-7-3-1-4-8-18)19-9-5-2-6-10-19/h1-13,20H,14-16H2,(H,24,25). The Balaban J connectivity index is 1.44.